The molecule has 1 heterocycles. The Morgan fingerprint density at radius 3 is 3.00 bits per heavy atom. The maximum absolute atomic E-state index is 8.83. The summed E-state index contributed by atoms with van der Waals surface area (Å²) in [5, 5.41) is 17.7. The van der Waals surface area contributed by atoms with Gasteiger partial charge in [-0.1, -0.05) is 24.3 Å². The van der Waals surface area contributed by atoms with Crippen LogP contribution in [0.3, 0.4) is 0 Å². The second kappa shape index (κ2) is 3.65. The number of ether oxygens (including phenoxy) is 1. The highest BCUT2D eigenvalue weighted by molar-refractivity contribution is 6.33. The van der Waals surface area contributed by atoms with Gasteiger partial charge in [-0.25, -0.2) is 0 Å². The van der Waals surface area contributed by atoms with Gasteiger partial charge in [-0.3, -0.25) is 0 Å². The van der Waals surface area contributed by atoms with Gasteiger partial charge in [0.15, 0.2) is 0 Å². The molecule has 0 aromatic rings. The Labute approximate surface area is 99.0 Å². The monoisotopic (exact) mass is 230 g/mol. The van der Waals surface area contributed by atoms with Crippen molar-refractivity contribution in [1.29, 1.82) is 0 Å². The summed E-state index contributed by atoms with van der Waals surface area (Å²) in [6, 6.07) is 0. The van der Waals surface area contributed by atoms with Gasteiger partial charge < -0.3 is 19.4 Å². The van der Waals surface area contributed by atoms with Crippen molar-refractivity contribution in [3.8, 4) is 0 Å². The summed E-state index contributed by atoms with van der Waals surface area (Å²) in [7, 11) is -1.79. The molecule has 0 aromatic carbocycles. The summed E-state index contributed by atoms with van der Waals surface area (Å²) in [6.07, 6.45) is 13.7. The Morgan fingerprint density at radius 1 is 1.29 bits per heavy atom. The van der Waals surface area contributed by atoms with Crippen molar-refractivity contribution in [1.82, 2.24) is 0 Å². The fourth-order valence-electron chi connectivity index (χ4n) is 2.38. The van der Waals surface area contributed by atoms with Gasteiger partial charge in [0.2, 0.25) is 0 Å². The van der Waals surface area contributed by atoms with Crippen molar-refractivity contribution in [2.75, 3.05) is 0 Å². The van der Waals surface area contributed by atoms with Crippen molar-refractivity contribution in [2.24, 2.45) is 5.41 Å². The third kappa shape index (κ3) is 1.55. The van der Waals surface area contributed by atoms with Crippen molar-refractivity contribution in [2.45, 2.75) is 6.42 Å². The van der Waals surface area contributed by atoms with E-state index in [0.29, 0.717) is 12.2 Å². The van der Waals surface area contributed by atoms with Crippen molar-refractivity contribution < 1.29 is 19.4 Å². The number of hydrogen-bond donors (Lipinski definition) is 2. The smallest absolute Gasteiger partial charge is 0.515 e. The van der Waals surface area contributed by atoms with Crippen molar-refractivity contribution in [3.63, 3.8) is 0 Å². The SMILES string of the molecule is OB(O)OC1=CC=C2OC=C3C=CC=CC32C1. The average Bonchev–Trinajstić information content (AvgIpc) is 2.66. The van der Waals surface area contributed by atoms with Crippen LogP contribution in [0.25, 0.3) is 0 Å². The molecule has 0 radical (unpaired) electrons. The molecule has 2 aliphatic carbocycles. The Kier molecular flexibility index (Phi) is 2.24. The van der Waals surface area contributed by atoms with E-state index >= 15 is 0 Å². The van der Waals surface area contributed by atoms with Crippen LogP contribution in [-0.4, -0.2) is 17.4 Å². The lowest BCUT2D eigenvalue weighted by Crippen LogP contribution is -2.27. The third-order valence-corrected chi connectivity index (χ3v) is 3.17. The molecule has 0 aromatic heterocycles. The van der Waals surface area contributed by atoms with Crippen LogP contribution in [-0.2, 0) is 9.39 Å². The fourth-order valence-corrected chi connectivity index (χ4v) is 2.38. The van der Waals surface area contributed by atoms with E-state index in [4.69, 9.17) is 19.4 Å². The molecule has 2 N–H and O–H groups in total. The Hall–Kier alpha value is -1.72. The molecule has 0 bridgehead atoms. The fraction of sp³-hybridized carbons (Fsp3) is 0.167. The van der Waals surface area contributed by atoms with Gasteiger partial charge in [0.1, 0.15) is 5.76 Å². The first-order chi connectivity index (χ1) is 8.21. The van der Waals surface area contributed by atoms with E-state index in [9.17, 15) is 0 Å². The predicted octanol–water partition coefficient (Wildman–Crippen LogP) is 1.17. The lowest BCUT2D eigenvalue weighted by atomic mass is 9.72. The van der Waals surface area contributed by atoms with Crippen LogP contribution >= 0.6 is 0 Å². The second-order valence-electron chi connectivity index (χ2n) is 4.17. The highest BCUT2D eigenvalue weighted by Gasteiger charge is 2.44. The molecule has 1 aliphatic heterocycles. The van der Waals surface area contributed by atoms with Gasteiger partial charge >= 0.3 is 7.32 Å². The molecule has 0 saturated heterocycles. The van der Waals surface area contributed by atoms with Gasteiger partial charge in [-0.05, 0) is 12.2 Å². The van der Waals surface area contributed by atoms with Crippen LogP contribution in [0.1, 0.15) is 6.42 Å². The van der Waals surface area contributed by atoms with Crippen LogP contribution in [0.15, 0.2) is 59.8 Å². The topological polar surface area (TPSA) is 58.9 Å². The molecule has 86 valence electrons. The van der Waals surface area contributed by atoms with Crippen LogP contribution in [0.4, 0.5) is 0 Å². The summed E-state index contributed by atoms with van der Waals surface area (Å²) in [5.74, 6) is 1.37. The molecule has 17 heavy (non-hydrogen) atoms. The largest absolute Gasteiger partial charge is 0.707 e. The van der Waals surface area contributed by atoms with Crippen LogP contribution in [0.2, 0.25) is 0 Å². The molecule has 3 aliphatic rings. The molecular formula is C12H11BO4. The maximum atomic E-state index is 8.83. The molecule has 0 saturated carbocycles. The first kappa shape index (κ1) is 10.4. The van der Waals surface area contributed by atoms with E-state index in [1.165, 1.54) is 0 Å². The lowest BCUT2D eigenvalue weighted by Gasteiger charge is -2.32. The minimum Gasteiger partial charge on any atom is -0.515 e. The van der Waals surface area contributed by atoms with Gasteiger partial charge in [-0.15, -0.1) is 0 Å². The molecule has 1 spiro atoms. The van der Waals surface area contributed by atoms with Crippen molar-refractivity contribution in [3.05, 3.63) is 59.8 Å². The molecule has 1 atom stereocenters. The van der Waals surface area contributed by atoms with Gasteiger partial charge in [0, 0.05) is 12.0 Å². The van der Waals surface area contributed by atoms with E-state index in [2.05, 4.69) is 0 Å². The predicted molar refractivity (Wildman–Crippen MR) is 61.9 cm³/mol. The third-order valence-electron chi connectivity index (χ3n) is 3.17. The average molecular weight is 230 g/mol. The highest BCUT2D eigenvalue weighted by atomic mass is 16.6. The Bertz CT molecular complexity index is 499. The zero-order chi connectivity index (χ0) is 11.9. The molecule has 0 fully saturated rings. The summed E-state index contributed by atoms with van der Waals surface area (Å²) in [6.45, 7) is 0. The van der Waals surface area contributed by atoms with E-state index in [1.54, 1.807) is 18.4 Å². The summed E-state index contributed by atoms with van der Waals surface area (Å²) in [5.41, 5.74) is 0.709. The quantitative estimate of drug-likeness (QED) is 0.699. The van der Waals surface area contributed by atoms with E-state index < -0.39 is 7.32 Å². The highest BCUT2D eigenvalue weighted by Crippen LogP contribution is 2.51. The molecule has 3 rings (SSSR count). The normalized spacial score (nSPS) is 28.5. The van der Waals surface area contributed by atoms with E-state index in [0.717, 1.165) is 11.3 Å². The van der Waals surface area contributed by atoms with Crippen LogP contribution < -0.4 is 0 Å². The number of hydrogen-bond acceptors (Lipinski definition) is 4. The first-order valence-electron chi connectivity index (χ1n) is 5.38. The van der Waals surface area contributed by atoms with E-state index in [-0.39, 0.29) is 5.41 Å². The van der Waals surface area contributed by atoms with Gasteiger partial charge in [0.05, 0.1) is 17.4 Å². The second-order valence-corrected chi connectivity index (χ2v) is 4.17. The molecule has 4 nitrogen and oxygen atoms in total. The van der Waals surface area contributed by atoms with Crippen molar-refractivity contribution >= 4 is 7.32 Å². The minimum absolute atomic E-state index is 0.340. The first-order valence-corrected chi connectivity index (χ1v) is 5.38. The number of rotatable bonds is 2. The van der Waals surface area contributed by atoms with E-state index in [1.807, 2.05) is 24.3 Å². The zero-order valence-corrected chi connectivity index (χ0v) is 9.04. The summed E-state index contributed by atoms with van der Waals surface area (Å²) in [4.78, 5) is 0. The molecule has 5 heteroatoms. The molecule has 1 unspecified atom stereocenters. The zero-order valence-electron chi connectivity index (χ0n) is 9.04. The maximum Gasteiger partial charge on any atom is 0.707 e. The standard InChI is InChI=1S/C12H11BO4/c14-13(15)17-10-4-5-11-12(7-10)6-2-1-3-9(12)8-16-11/h1-6,8,14-15H,7H2. The number of allylic oxidation sites excluding steroid dienone is 7. The molecular weight excluding hydrogens is 219 g/mol. The summed E-state index contributed by atoms with van der Waals surface area (Å²) >= 11 is 0. The summed E-state index contributed by atoms with van der Waals surface area (Å²) < 4.78 is 10.4. The Balaban J connectivity index is 1.95. The minimum atomic E-state index is -1.79. The molecule has 0 amide bonds. The lowest BCUT2D eigenvalue weighted by molar-refractivity contribution is 0.212. The van der Waals surface area contributed by atoms with Crippen LogP contribution in [0, 0.1) is 5.41 Å². The Morgan fingerprint density at radius 2 is 2.18 bits per heavy atom. The van der Waals surface area contributed by atoms with Gasteiger partial charge in [0.25, 0.3) is 0 Å². The van der Waals surface area contributed by atoms with Crippen LogP contribution in [0.5, 0.6) is 0 Å². The van der Waals surface area contributed by atoms with Gasteiger partial charge in [-0.2, -0.15) is 0 Å².